The normalized spacial score (nSPS) is 12.8. The van der Waals surface area contributed by atoms with Crippen molar-refractivity contribution in [1.29, 1.82) is 5.26 Å². The van der Waals surface area contributed by atoms with E-state index in [9.17, 15) is 13.2 Å². The summed E-state index contributed by atoms with van der Waals surface area (Å²) in [5.41, 5.74) is -0.652. The summed E-state index contributed by atoms with van der Waals surface area (Å²) in [4.78, 5) is 1.95. The molecular weight excluding hydrogens is 281 g/mol. The van der Waals surface area contributed by atoms with E-state index < -0.39 is 11.7 Å². The van der Waals surface area contributed by atoms with Gasteiger partial charge in [-0.15, -0.1) is 0 Å². The molecule has 0 radical (unpaired) electrons. The van der Waals surface area contributed by atoms with Gasteiger partial charge >= 0.3 is 6.18 Å². The summed E-state index contributed by atoms with van der Waals surface area (Å²) in [5, 5.41) is 8.97. The van der Waals surface area contributed by atoms with Crippen LogP contribution in [0.15, 0.2) is 18.2 Å². The van der Waals surface area contributed by atoms with Crippen LogP contribution in [0.3, 0.4) is 0 Å². The van der Waals surface area contributed by atoms with Crippen molar-refractivity contribution in [3.63, 3.8) is 0 Å². The summed E-state index contributed by atoms with van der Waals surface area (Å²) in [6.45, 7) is 5.01. The number of nitriles is 1. The summed E-state index contributed by atoms with van der Waals surface area (Å²) >= 11 is 0. The molecule has 0 N–H and O–H groups in total. The third-order valence-electron chi connectivity index (χ3n) is 3.42. The molecular formula is C15H19F3N2O. The van der Waals surface area contributed by atoms with Crippen molar-refractivity contribution in [1.82, 2.24) is 0 Å². The Morgan fingerprint density at radius 3 is 2.52 bits per heavy atom. The van der Waals surface area contributed by atoms with Crippen LogP contribution in [0.25, 0.3) is 0 Å². The number of rotatable bonds is 6. The second-order valence-electron chi connectivity index (χ2n) is 4.78. The monoisotopic (exact) mass is 300 g/mol. The van der Waals surface area contributed by atoms with Crippen LogP contribution in [0.4, 0.5) is 18.9 Å². The Labute approximate surface area is 122 Å². The van der Waals surface area contributed by atoms with Crippen LogP contribution in [-0.2, 0) is 10.9 Å². The largest absolute Gasteiger partial charge is 0.417 e. The average Bonchev–Trinajstić information content (AvgIpc) is 2.45. The predicted molar refractivity (Wildman–Crippen MR) is 75.1 cm³/mol. The van der Waals surface area contributed by atoms with Gasteiger partial charge in [0.25, 0.3) is 0 Å². The lowest BCUT2D eigenvalue weighted by Crippen LogP contribution is -2.35. The lowest BCUT2D eigenvalue weighted by molar-refractivity contribution is -0.137. The number of halogens is 3. The second-order valence-corrected chi connectivity index (χ2v) is 4.78. The molecule has 1 aromatic rings. The third kappa shape index (κ3) is 4.36. The van der Waals surface area contributed by atoms with E-state index in [4.69, 9.17) is 10.00 Å². The van der Waals surface area contributed by atoms with E-state index in [1.165, 1.54) is 12.1 Å². The fourth-order valence-electron chi connectivity index (χ4n) is 2.06. The Morgan fingerprint density at radius 1 is 1.38 bits per heavy atom. The van der Waals surface area contributed by atoms with Crippen molar-refractivity contribution in [3.05, 3.63) is 29.3 Å². The molecule has 0 aliphatic heterocycles. The van der Waals surface area contributed by atoms with Gasteiger partial charge in [0, 0.05) is 25.4 Å². The fourth-order valence-corrected chi connectivity index (χ4v) is 2.06. The van der Waals surface area contributed by atoms with Crippen molar-refractivity contribution >= 4 is 5.69 Å². The highest BCUT2D eigenvalue weighted by atomic mass is 19.4. The van der Waals surface area contributed by atoms with Gasteiger partial charge in [0.2, 0.25) is 0 Å². The van der Waals surface area contributed by atoms with Gasteiger partial charge in [-0.2, -0.15) is 18.4 Å². The van der Waals surface area contributed by atoms with Gasteiger partial charge in [0.1, 0.15) is 0 Å². The van der Waals surface area contributed by atoms with Crippen LogP contribution in [0, 0.1) is 11.3 Å². The van der Waals surface area contributed by atoms with Crippen LogP contribution in [0.1, 0.15) is 31.4 Å². The van der Waals surface area contributed by atoms with Crippen molar-refractivity contribution < 1.29 is 17.9 Å². The van der Waals surface area contributed by atoms with Gasteiger partial charge in [-0.05, 0) is 31.5 Å². The van der Waals surface area contributed by atoms with Crippen molar-refractivity contribution in [3.8, 4) is 6.07 Å². The van der Waals surface area contributed by atoms with Gasteiger partial charge in [0.15, 0.2) is 0 Å². The first-order valence-corrected chi connectivity index (χ1v) is 6.72. The number of anilines is 1. The summed E-state index contributed by atoms with van der Waals surface area (Å²) < 4.78 is 43.5. The molecule has 0 bridgehead atoms. The molecule has 0 spiro atoms. The van der Waals surface area contributed by atoms with Crippen LogP contribution in [-0.4, -0.2) is 26.3 Å². The molecule has 0 aliphatic rings. The molecule has 116 valence electrons. The summed E-state index contributed by atoms with van der Waals surface area (Å²) in [6, 6.07) is 5.45. The number of nitrogens with zero attached hydrogens (tertiary/aromatic N) is 2. The first-order chi connectivity index (χ1) is 9.85. The Hall–Kier alpha value is -1.74. The molecule has 0 aromatic heterocycles. The number of hydrogen-bond acceptors (Lipinski definition) is 3. The second kappa shape index (κ2) is 7.32. The van der Waals surface area contributed by atoms with E-state index in [1.807, 2.05) is 18.7 Å². The zero-order valence-electron chi connectivity index (χ0n) is 12.4. The molecule has 0 amide bonds. The third-order valence-corrected chi connectivity index (χ3v) is 3.42. The first kappa shape index (κ1) is 17.3. The molecule has 0 aliphatic carbocycles. The van der Waals surface area contributed by atoms with Gasteiger partial charge in [-0.25, -0.2) is 0 Å². The summed E-state index contributed by atoms with van der Waals surface area (Å²) in [6.07, 6.45) is -3.68. The number of alkyl halides is 3. The number of hydrogen-bond donors (Lipinski definition) is 0. The molecule has 0 fully saturated rings. The van der Waals surface area contributed by atoms with Gasteiger partial charge in [-0.1, -0.05) is 6.92 Å². The van der Waals surface area contributed by atoms with E-state index in [0.717, 1.165) is 12.5 Å². The molecule has 21 heavy (non-hydrogen) atoms. The minimum absolute atomic E-state index is 0.142. The summed E-state index contributed by atoms with van der Waals surface area (Å²) in [5.74, 6) is 0. The molecule has 0 saturated heterocycles. The maximum Gasteiger partial charge on any atom is 0.417 e. The smallest absolute Gasteiger partial charge is 0.383 e. The predicted octanol–water partition coefficient (Wildman–Crippen LogP) is 3.83. The molecule has 6 heteroatoms. The minimum atomic E-state index is -4.52. The zero-order chi connectivity index (χ0) is 16.0. The van der Waals surface area contributed by atoms with E-state index in [0.29, 0.717) is 18.8 Å². The van der Waals surface area contributed by atoms with E-state index >= 15 is 0 Å². The minimum Gasteiger partial charge on any atom is -0.383 e. The maximum atomic E-state index is 12.8. The van der Waals surface area contributed by atoms with Crippen LogP contribution >= 0.6 is 0 Å². The van der Waals surface area contributed by atoms with Gasteiger partial charge < -0.3 is 9.64 Å². The van der Waals surface area contributed by atoms with E-state index in [1.54, 1.807) is 13.2 Å². The Bertz CT molecular complexity index is 509. The highest BCUT2D eigenvalue weighted by molar-refractivity contribution is 5.55. The van der Waals surface area contributed by atoms with Gasteiger partial charge in [0.05, 0.1) is 23.8 Å². The number of ether oxygens (including phenoxy) is 1. The quantitative estimate of drug-likeness (QED) is 0.801. The standard InChI is InChI=1S/C15H19F3N2O/c1-4-11(2)20(7-8-21-3)13-5-6-14(15(16,17)18)12(9-13)10-19/h5-6,9,11H,4,7-8H2,1-3H3. The average molecular weight is 300 g/mol. The molecule has 3 nitrogen and oxygen atoms in total. The fraction of sp³-hybridized carbons (Fsp3) is 0.533. The van der Waals surface area contributed by atoms with E-state index in [2.05, 4.69) is 0 Å². The Kier molecular flexibility index (Phi) is 6.03. The topological polar surface area (TPSA) is 36.3 Å². The number of methoxy groups -OCH3 is 1. The van der Waals surface area contributed by atoms with Crippen molar-refractivity contribution in [2.24, 2.45) is 0 Å². The van der Waals surface area contributed by atoms with Crippen LogP contribution in [0.2, 0.25) is 0 Å². The van der Waals surface area contributed by atoms with Gasteiger partial charge in [-0.3, -0.25) is 0 Å². The Balaban J connectivity index is 3.19. The summed E-state index contributed by atoms with van der Waals surface area (Å²) in [7, 11) is 1.57. The van der Waals surface area contributed by atoms with Crippen molar-refractivity contribution in [2.45, 2.75) is 32.5 Å². The lowest BCUT2D eigenvalue weighted by Gasteiger charge is -2.31. The molecule has 1 unspecified atom stereocenters. The molecule has 0 heterocycles. The highest BCUT2D eigenvalue weighted by Crippen LogP contribution is 2.34. The highest BCUT2D eigenvalue weighted by Gasteiger charge is 2.33. The number of benzene rings is 1. The van der Waals surface area contributed by atoms with Crippen LogP contribution in [0.5, 0.6) is 0 Å². The molecule has 1 aromatic carbocycles. The maximum absolute atomic E-state index is 12.8. The van der Waals surface area contributed by atoms with E-state index in [-0.39, 0.29) is 11.6 Å². The van der Waals surface area contributed by atoms with Crippen LogP contribution < -0.4 is 4.90 Å². The molecule has 1 atom stereocenters. The van der Waals surface area contributed by atoms with Crippen molar-refractivity contribution in [2.75, 3.05) is 25.2 Å². The SMILES string of the molecule is CCC(C)N(CCOC)c1ccc(C(F)(F)F)c(C#N)c1. The Morgan fingerprint density at radius 2 is 2.05 bits per heavy atom. The molecule has 0 saturated carbocycles. The molecule has 1 rings (SSSR count). The first-order valence-electron chi connectivity index (χ1n) is 6.72. The zero-order valence-corrected chi connectivity index (χ0v) is 12.4. The lowest BCUT2D eigenvalue weighted by atomic mass is 10.1.